The molecule has 0 atom stereocenters. The van der Waals surface area contributed by atoms with Crippen molar-refractivity contribution >= 4 is 17.0 Å². The van der Waals surface area contributed by atoms with Crippen molar-refractivity contribution in [1.29, 1.82) is 5.26 Å². The predicted octanol–water partition coefficient (Wildman–Crippen LogP) is 3.92. The number of hydrogen-bond acceptors (Lipinski definition) is 4. The molecule has 3 nitrogen and oxygen atoms in total. The second kappa shape index (κ2) is 5.41. The number of nitrogens with one attached hydrogen (secondary N) is 1. The number of nitrogens with zero attached hydrogens (tertiary/aromatic N) is 2. The van der Waals surface area contributed by atoms with Crippen LogP contribution in [-0.2, 0) is 12.0 Å². The molecule has 0 aliphatic heterocycles. The number of anilines is 1. The van der Waals surface area contributed by atoms with Crippen molar-refractivity contribution in [2.75, 3.05) is 5.32 Å². The fourth-order valence-electron chi connectivity index (χ4n) is 1.65. The van der Waals surface area contributed by atoms with Crippen molar-refractivity contribution in [2.24, 2.45) is 0 Å². The van der Waals surface area contributed by atoms with Crippen molar-refractivity contribution < 1.29 is 0 Å². The highest BCUT2D eigenvalue weighted by Gasteiger charge is 2.17. The second-order valence-corrected chi connectivity index (χ2v) is 6.26. The largest absolute Gasteiger partial charge is 0.378 e. The van der Waals surface area contributed by atoms with Crippen molar-refractivity contribution in [2.45, 2.75) is 32.7 Å². The van der Waals surface area contributed by atoms with Crippen LogP contribution in [0, 0.1) is 11.3 Å². The van der Waals surface area contributed by atoms with Gasteiger partial charge in [-0.1, -0.05) is 32.9 Å². The van der Waals surface area contributed by atoms with Gasteiger partial charge in [-0.25, -0.2) is 4.98 Å². The molecule has 0 saturated carbocycles. The Kier molecular flexibility index (Phi) is 3.87. The van der Waals surface area contributed by atoms with Crippen molar-refractivity contribution in [3.05, 3.63) is 45.9 Å². The van der Waals surface area contributed by atoms with Gasteiger partial charge < -0.3 is 5.32 Å². The lowest BCUT2D eigenvalue weighted by atomic mass is 9.98. The molecule has 0 amide bonds. The van der Waals surface area contributed by atoms with E-state index in [1.807, 2.05) is 24.3 Å². The van der Waals surface area contributed by atoms with Crippen molar-refractivity contribution in [1.82, 2.24) is 4.98 Å². The highest BCUT2D eigenvalue weighted by molar-refractivity contribution is 7.09. The molecule has 0 bridgehead atoms. The predicted molar refractivity (Wildman–Crippen MR) is 79.3 cm³/mol. The molecule has 0 unspecified atom stereocenters. The zero-order valence-corrected chi connectivity index (χ0v) is 12.2. The van der Waals surface area contributed by atoms with Gasteiger partial charge in [0.15, 0.2) is 0 Å². The molecule has 1 aromatic carbocycles. The average molecular weight is 271 g/mol. The van der Waals surface area contributed by atoms with E-state index in [0.29, 0.717) is 12.1 Å². The fraction of sp³-hybridized carbons (Fsp3) is 0.333. The summed E-state index contributed by atoms with van der Waals surface area (Å²) in [6, 6.07) is 9.69. The number of benzene rings is 1. The third kappa shape index (κ3) is 3.33. The minimum Gasteiger partial charge on any atom is -0.378 e. The first-order valence-electron chi connectivity index (χ1n) is 6.18. The topological polar surface area (TPSA) is 48.7 Å². The summed E-state index contributed by atoms with van der Waals surface area (Å²) < 4.78 is 0. The second-order valence-electron chi connectivity index (χ2n) is 5.40. The molecule has 19 heavy (non-hydrogen) atoms. The third-order valence-corrected chi connectivity index (χ3v) is 4.02. The average Bonchev–Trinajstić information content (AvgIpc) is 2.85. The Morgan fingerprint density at radius 3 is 2.68 bits per heavy atom. The summed E-state index contributed by atoms with van der Waals surface area (Å²) in [5.74, 6) is 0. The Labute approximate surface area is 117 Å². The van der Waals surface area contributed by atoms with Gasteiger partial charge in [0.2, 0.25) is 0 Å². The highest BCUT2D eigenvalue weighted by Crippen LogP contribution is 2.26. The van der Waals surface area contributed by atoms with Gasteiger partial charge >= 0.3 is 0 Å². The molecular weight excluding hydrogens is 254 g/mol. The number of thiazole rings is 1. The summed E-state index contributed by atoms with van der Waals surface area (Å²) in [5.41, 5.74) is 2.62. The summed E-state index contributed by atoms with van der Waals surface area (Å²) in [5, 5.41) is 15.5. The van der Waals surface area contributed by atoms with Gasteiger partial charge in [0.25, 0.3) is 0 Å². The van der Waals surface area contributed by atoms with Gasteiger partial charge in [0.05, 0.1) is 28.5 Å². The molecule has 0 spiro atoms. The number of aromatic nitrogens is 1. The summed E-state index contributed by atoms with van der Waals surface area (Å²) >= 11 is 1.69. The van der Waals surface area contributed by atoms with Crippen LogP contribution < -0.4 is 5.32 Å². The molecule has 4 heteroatoms. The quantitative estimate of drug-likeness (QED) is 0.920. The molecule has 0 fully saturated rings. The lowest BCUT2D eigenvalue weighted by Crippen LogP contribution is -2.11. The van der Waals surface area contributed by atoms with Crippen LogP contribution in [0.15, 0.2) is 29.6 Å². The van der Waals surface area contributed by atoms with E-state index < -0.39 is 0 Å². The molecule has 1 heterocycles. The number of para-hydroxylation sites is 1. The molecule has 2 rings (SSSR count). The van der Waals surface area contributed by atoms with Crippen LogP contribution in [-0.4, -0.2) is 4.98 Å². The Bertz CT molecular complexity index is 602. The highest BCUT2D eigenvalue weighted by atomic mass is 32.1. The Balaban J connectivity index is 2.07. The molecular formula is C15H17N3S. The molecule has 1 N–H and O–H groups in total. The maximum absolute atomic E-state index is 9.02. The number of hydrogen-bond donors (Lipinski definition) is 1. The van der Waals surface area contributed by atoms with Gasteiger partial charge in [-0.2, -0.15) is 5.26 Å². The maximum atomic E-state index is 9.02. The van der Waals surface area contributed by atoms with E-state index in [1.165, 1.54) is 0 Å². The molecule has 0 saturated heterocycles. The Morgan fingerprint density at radius 2 is 2.05 bits per heavy atom. The smallest absolute Gasteiger partial charge is 0.101 e. The fourth-order valence-corrected chi connectivity index (χ4v) is 2.56. The molecule has 0 radical (unpaired) electrons. The SMILES string of the molecule is CC(C)(C)c1nc(CNc2ccccc2C#N)cs1. The number of rotatable bonds is 3. The van der Waals surface area contributed by atoms with Crippen LogP contribution >= 0.6 is 11.3 Å². The summed E-state index contributed by atoms with van der Waals surface area (Å²) in [7, 11) is 0. The van der Waals surface area contributed by atoms with Crippen LogP contribution in [0.5, 0.6) is 0 Å². The first-order valence-corrected chi connectivity index (χ1v) is 7.06. The molecule has 0 aliphatic carbocycles. The van der Waals surface area contributed by atoms with Crippen molar-refractivity contribution in [3.63, 3.8) is 0 Å². The van der Waals surface area contributed by atoms with Crippen LogP contribution in [0.2, 0.25) is 0 Å². The standard InChI is InChI=1S/C15H17N3S/c1-15(2,3)14-18-12(10-19-14)9-17-13-7-5-4-6-11(13)8-16/h4-7,10,17H,9H2,1-3H3. The van der Waals surface area contributed by atoms with E-state index in [-0.39, 0.29) is 5.41 Å². The summed E-state index contributed by atoms with van der Waals surface area (Å²) in [6.07, 6.45) is 0. The van der Waals surface area contributed by atoms with E-state index in [2.05, 4.69) is 42.5 Å². The lowest BCUT2D eigenvalue weighted by Gasteiger charge is -2.13. The van der Waals surface area contributed by atoms with E-state index in [4.69, 9.17) is 5.26 Å². The van der Waals surface area contributed by atoms with Gasteiger partial charge in [0, 0.05) is 10.8 Å². The molecule has 2 aromatic rings. The molecule has 0 aliphatic rings. The normalized spacial score (nSPS) is 11.1. The van der Waals surface area contributed by atoms with E-state index in [0.717, 1.165) is 16.4 Å². The van der Waals surface area contributed by atoms with Gasteiger partial charge in [-0.15, -0.1) is 11.3 Å². The number of nitriles is 1. The van der Waals surface area contributed by atoms with E-state index in [1.54, 1.807) is 11.3 Å². The first-order chi connectivity index (χ1) is 9.00. The van der Waals surface area contributed by atoms with Gasteiger partial charge in [-0.3, -0.25) is 0 Å². The van der Waals surface area contributed by atoms with E-state index in [9.17, 15) is 0 Å². The minimum atomic E-state index is 0.0908. The van der Waals surface area contributed by atoms with Crippen molar-refractivity contribution in [3.8, 4) is 6.07 Å². The Hall–Kier alpha value is -1.86. The van der Waals surface area contributed by atoms with Gasteiger partial charge in [-0.05, 0) is 12.1 Å². The Morgan fingerprint density at radius 1 is 1.32 bits per heavy atom. The van der Waals surface area contributed by atoms with Crippen LogP contribution in [0.3, 0.4) is 0 Å². The molecule has 98 valence electrons. The van der Waals surface area contributed by atoms with Crippen LogP contribution in [0.25, 0.3) is 0 Å². The zero-order chi connectivity index (χ0) is 13.9. The van der Waals surface area contributed by atoms with E-state index >= 15 is 0 Å². The lowest BCUT2D eigenvalue weighted by molar-refractivity contribution is 0.583. The van der Waals surface area contributed by atoms with Crippen LogP contribution in [0.1, 0.15) is 37.0 Å². The third-order valence-electron chi connectivity index (χ3n) is 2.70. The molecule has 1 aromatic heterocycles. The summed E-state index contributed by atoms with van der Waals surface area (Å²) in [4.78, 5) is 4.63. The van der Waals surface area contributed by atoms with Crippen LogP contribution in [0.4, 0.5) is 5.69 Å². The zero-order valence-electron chi connectivity index (χ0n) is 11.4. The maximum Gasteiger partial charge on any atom is 0.101 e. The van der Waals surface area contributed by atoms with Gasteiger partial charge in [0.1, 0.15) is 6.07 Å². The summed E-state index contributed by atoms with van der Waals surface area (Å²) in [6.45, 7) is 7.13. The first kappa shape index (κ1) is 13.6. The minimum absolute atomic E-state index is 0.0908. The monoisotopic (exact) mass is 271 g/mol.